The van der Waals surface area contributed by atoms with E-state index in [4.69, 9.17) is 0 Å². The molecule has 0 aliphatic carbocycles. The number of likely N-dealkylation sites (tertiary alicyclic amines) is 1. The summed E-state index contributed by atoms with van der Waals surface area (Å²) in [5, 5.41) is 3.18. The number of amides is 2. The molecule has 0 spiro atoms. The lowest BCUT2D eigenvalue weighted by Gasteiger charge is -2.42. The van der Waals surface area contributed by atoms with Gasteiger partial charge in [0.05, 0.1) is 0 Å². The molecule has 0 radical (unpaired) electrons. The Bertz CT molecular complexity index is 578. The van der Waals surface area contributed by atoms with Crippen molar-refractivity contribution >= 4 is 6.03 Å². The van der Waals surface area contributed by atoms with Crippen LogP contribution in [-0.2, 0) is 5.41 Å². The molecule has 1 N–H and O–H groups in total. The predicted molar refractivity (Wildman–Crippen MR) is 102 cm³/mol. The molecule has 3 rings (SSSR count). The van der Waals surface area contributed by atoms with Crippen LogP contribution in [0.2, 0.25) is 0 Å². The molecule has 2 aliphatic rings. The molecule has 1 aromatic carbocycles. The van der Waals surface area contributed by atoms with Crippen molar-refractivity contribution in [1.29, 1.82) is 0 Å². The highest BCUT2D eigenvalue weighted by Crippen LogP contribution is 2.33. The third kappa shape index (κ3) is 4.33. The largest absolute Gasteiger partial charge is 0.336 e. The van der Waals surface area contributed by atoms with Gasteiger partial charge < -0.3 is 15.1 Å². The zero-order valence-corrected chi connectivity index (χ0v) is 15.9. The third-order valence-electron chi connectivity index (χ3n) is 5.92. The number of carbonyl (C=O) groups excluding carboxylic acids is 1. The number of hydrogen-bond donors (Lipinski definition) is 1. The Hall–Kier alpha value is -1.59. The van der Waals surface area contributed by atoms with Gasteiger partial charge in [0.25, 0.3) is 0 Å². The molecule has 2 heterocycles. The van der Waals surface area contributed by atoms with Crippen LogP contribution in [0.5, 0.6) is 0 Å². The molecule has 2 atom stereocenters. The molecule has 0 bridgehead atoms. The van der Waals surface area contributed by atoms with E-state index in [1.54, 1.807) is 0 Å². The highest BCUT2D eigenvalue weighted by molar-refractivity contribution is 5.74. The zero-order chi connectivity index (χ0) is 17.9. The summed E-state index contributed by atoms with van der Waals surface area (Å²) < 4.78 is 0. The summed E-state index contributed by atoms with van der Waals surface area (Å²) in [6, 6.07) is 11.1. The first kappa shape index (κ1) is 18.2. The summed E-state index contributed by atoms with van der Waals surface area (Å²) in [7, 11) is 4.30. The maximum absolute atomic E-state index is 12.7. The lowest BCUT2D eigenvalue weighted by atomic mass is 9.76. The number of rotatable bonds is 3. The van der Waals surface area contributed by atoms with E-state index in [1.165, 1.54) is 5.56 Å². The molecule has 0 aromatic heterocycles. The van der Waals surface area contributed by atoms with Crippen molar-refractivity contribution in [2.45, 2.75) is 31.2 Å². The number of benzene rings is 1. The Morgan fingerprint density at radius 2 is 1.96 bits per heavy atom. The van der Waals surface area contributed by atoms with E-state index in [-0.39, 0.29) is 11.4 Å². The van der Waals surface area contributed by atoms with Crippen molar-refractivity contribution in [2.75, 3.05) is 53.4 Å². The van der Waals surface area contributed by atoms with E-state index in [2.05, 4.69) is 66.5 Å². The van der Waals surface area contributed by atoms with Crippen molar-refractivity contribution in [1.82, 2.24) is 20.0 Å². The van der Waals surface area contributed by atoms with Gasteiger partial charge in [0, 0.05) is 50.7 Å². The standard InChI is InChI=1S/C20H32N4O/c1-20(17-8-5-4-6-9-17)10-7-11-24(16-20)19(25)21-14-18-15-22(2)12-13-23(18)3/h4-6,8-9,18H,7,10-16H2,1-3H3,(H,21,25)/t18-,20+/m1/s1. The molecule has 5 heteroatoms. The second kappa shape index (κ2) is 7.75. The fraction of sp³-hybridized carbons (Fsp3) is 0.650. The number of urea groups is 1. The first-order valence-electron chi connectivity index (χ1n) is 9.45. The number of likely N-dealkylation sites (N-methyl/N-ethyl adjacent to an activating group) is 2. The summed E-state index contributed by atoms with van der Waals surface area (Å²) in [5.41, 5.74) is 1.39. The van der Waals surface area contributed by atoms with Gasteiger partial charge in [-0.15, -0.1) is 0 Å². The number of carbonyl (C=O) groups is 1. The van der Waals surface area contributed by atoms with Crippen LogP contribution in [0.15, 0.2) is 30.3 Å². The Kier molecular flexibility index (Phi) is 5.64. The Morgan fingerprint density at radius 3 is 2.72 bits per heavy atom. The molecular formula is C20H32N4O. The maximum Gasteiger partial charge on any atom is 0.317 e. The monoisotopic (exact) mass is 344 g/mol. The predicted octanol–water partition coefficient (Wildman–Crippen LogP) is 2.00. The number of hydrogen-bond acceptors (Lipinski definition) is 3. The Balaban J connectivity index is 1.57. The van der Waals surface area contributed by atoms with Crippen LogP contribution in [0.3, 0.4) is 0 Å². The van der Waals surface area contributed by atoms with Gasteiger partial charge in [-0.05, 0) is 32.5 Å². The minimum atomic E-state index is 0.0543. The van der Waals surface area contributed by atoms with Crippen molar-refractivity contribution in [3.63, 3.8) is 0 Å². The van der Waals surface area contributed by atoms with E-state index in [1.807, 2.05) is 4.90 Å². The molecule has 0 unspecified atom stereocenters. The van der Waals surface area contributed by atoms with Crippen LogP contribution in [-0.4, -0.2) is 80.1 Å². The van der Waals surface area contributed by atoms with E-state index in [0.717, 1.165) is 52.1 Å². The first-order valence-corrected chi connectivity index (χ1v) is 9.45. The average molecular weight is 345 g/mol. The molecule has 1 aromatic rings. The zero-order valence-electron chi connectivity index (χ0n) is 15.9. The summed E-state index contributed by atoms with van der Waals surface area (Å²) in [6.07, 6.45) is 2.20. The molecule has 25 heavy (non-hydrogen) atoms. The highest BCUT2D eigenvalue weighted by Gasteiger charge is 2.34. The number of nitrogens with one attached hydrogen (secondary N) is 1. The summed E-state index contributed by atoms with van der Waals surface area (Å²) in [6.45, 7) is 7.83. The number of nitrogens with zero attached hydrogens (tertiary/aromatic N) is 3. The van der Waals surface area contributed by atoms with Crippen molar-refractivity contribution in [3.05, 3.63) is 35.9 Å². The summed E-state index contributed by atoms with van der Waals surface area (Å²) in [4.78, 5) is 19.4. The summed E-state index contributed by atoms with van der Waals surface area (Å²) in [5.74, 6) is 0. The van der Waals surface area contributed by atoms with Crippen LogP contribution >= 0.6 is 0 Å². The van der Waals surface area contributed by atoms with Gasteiger partial charge in [-0.3, -0.25) is 4.90 Å². The SMILES string of the molecule is CN1CCN(C)[C@H](CNC(=O)N2CCC[C@](C)(c3ccccc3)C2)C1. The minimum absolute atomic E-state index is 0.0543. The quantitative estimate of drug-likeness (QED) is 0.911. The highest BCUT2D eigenvalue weighted by atomic mass is 16.2. The maximum atomic E-state index is 12.7. The molecule has 2 saturated heterocycles. The van der Waals surface area contributed by atoms with Gasteiger partial charge in [0.2, 0.25) is 0 Å². The van der Waals surface area contributed by atoms with Crippen LogP contribution < -0.4 is 5.32 Å². The molecular weight excluding hydrogens is 312 g/mol. The van der Waals surface area contributed by atoms with Crippen LogP contribution in [0, 0.1) is 0 Å². The Morgan fingerprint density at radius 1 is 1.20 bits per heavy atom. The van der Waals surface area contributed by atoms with E-state index >= 15 is 0 Å². The topological polar surface area (TPSA) is 38.8 Å². The second-order valence-corrected chi connectivity index (χ2v) is 8.03. The van der Waals surface area contributed by atoms with Gasteiger partial charge in [0.15, 0.2) is 0 Å². The van der Waals surface area contributed by atoms with Gasteiger partial charge in [-0.2, -0.15) is 0 Å². The molecule has 2 aliphatic heterocycles. The van der Waals surface area contributed by atoms with Crippen molar-refractivity contribution in [2.24, 2.45) is 0 Å². The van der Waals surface area contributed by atoms with Gasteiger partial charge in [-0.25, -0.2) is 4.79 Å². The van der Waals surface area contributed by atoms with E-state index in [0.29, 0.717) is 6.04 Å². The smallest absolute Gasteiger partial charge is 0.317 e. The molecule has 2 amide bonds. The Labute approximate surface area is 152 Å². The van der Waals surface area contributed by atoms with Crippen molar-refractivity contribution < 1.29 is 4.79 Å². The number of piperidine rings is 1. The first-order chi connectivity index (χ1) is 12.0. The fourth-order valence-electron chi connectivity index (χ4n) is 4.13. The van der Waals surface area contributed by atoms with E-state index < -0.39 is 0 Å². The lowest BCUT2D eigenvalue weighted by molar-refractivity contribution is 0.109. The molecule has 0 saturated carbocycles. The van der Waals surface area contributed by atoms with Crippen LogP contribution in [0.4, 0.5) is 4.79 Å². The van der Waals surface area contributed by atoms with E-state index in [9.17, 15) is 4.79 Å². The molecule has 5 nitrogen and oxygen atoms in total. The molecule has 2 fully saturated rings. The summed E-state index contributed by atoms with van der Waals surface area (Å²) >= 11 is 0. The normalized spacial score (nSPS) is 28.8. The van der Waals surface area contributed by atoms with Crippen LogP contribution in [0.1, 0.15) is 25.3 Å². The second-order valence-electron chi connectivity index (χ2n) is 8.03. The van der Waals surface area contributed by atoms with Gasteiger partial charge >= 0.3 is 6.03 Å². The fourth-order valence-corrected chi connectivity index (χ4v) is 4.13. The minimum Gasteiger partial charge on any atom is -0.336 e. The lowest BCUT2D eigenvalue weighted by Crippen LogP contribution is -2.56. The molecule has 138 valence electrons. The van der Waals surface area contributed by atoms with Gasteiger partial charge in [-0.1, -0.05) is 37.3 Å². The van der Waals surface area contributed by atoms with Crippen molar-refractivity contribution in [3.8, 4) is 0 Å². The number of piperazine rings is 1. The average Bonchev–Trinajstić information content (AvgIpc) is 2.63. The van der Waals surface area contributed by atoms with Gasteiger partial charge in [0.1, 0.15) is 0 Å². The van der Waals surface area contributed by atoms with Crippen LogP contribution in [0.25, 0.3) is 0 Å². The third-order valence-corrected chi connectivity index (χ3v) is 5.92.